The van der Waals surface area contributed by atoms with Crippen LogP contribution in [0.2, 0.25) is 0 Å². The summed E-state index contributed by atoms with van der Waals surface area (Å²) in [6, 6.07) is 13.9. The molecule has 2 aromatic rings. The molecule has 33 heavy (non-hydrogen) atoms. The quantitative estimate of drug-likeness (QED) is 0.613. The Hall–Kier alpha value is -3.30. The summed E-state index contributed by atoms with van der Waals surface area (Å²) >= 11 is 0. The Balaban J connectivity index is 1.26. The van der Waals surface area contributed by atoms with Crippen LogP contribution >= 0.6 is 0 Å². The van der Waals surface area contributed by atoms with E-state index in [1.807, 2.05) is 24.3 Å². The lowest BCUT2D eigenvalue weighted by atomic mass is 10.0. The van der Waals surface area contributed by atoms with Gasteiger partial charge < -0.3 is 29.6 Å². The van der Waals surface area contributed by atoms with Crippen LogP contribution in [-0.2, 0) is 14.2 Å². The van der Waals surface area contributed by atoms with Gasteiger partial charge in [-0.3, -0.25) is 5.32 Å². The van der Waals surface area contributed by atoms with Crippen molar-refractivity contribution in [3.63, 3.8) is 0 Å². The number of carbonyl (C=O) groups excluding carboxylic acids is 2. The molecule has 2 heterocycles. The van der Waals surface area contributed by atoms with Crippen LogP contribution < -0.4 is 20.7 Å². The van der Waals surface area contributed by atoms with Gasteiger partial charge >= 0.3 is 12.1 Å². The summed E-state index contributed by atoms with van der Waals surface area (Å²) in [5, 5.41) is 8.37. The number of hydrogen-bond donors (Lipinski definition) is 3. The molecule has 3 amide bonds. The van der Waals surface area contributed by atoms with Gasteiger partial charge in [0, 0.05) is 11.4 Å². The zero-order valence-corrected chi connectivity index (χ0v) is 18.9. The molecule has 4 rings (SSSR count). The number of methoxy groups -OCH3 is 1. The zero-order valence-electron chi connectivity index (χ0n) is 18.9. The minimum Gasteiger partial charge on any atom is -0.497 e. The number of urea groups is 1. The molecule has 0 aliphatic carbocycles. The topological polar surface area (TPSA) is 107 Å². The van der Waals surface area contributed by atoms with Crippen molar-refractivity contribution >= 4 is 23.5 Å². The van der Waals surface area contributed by atoms with Crippen molar-refractivity contribution in [2.45, 2.75) is 44.1 Å². The van der Waals surface area contributed by atoms with E-state index < -0.39 is 24.4 Å². The van der Waals surface area contributed by atoms with Gasteiger partial charge in [0.05, 0.1) is 26.4 Å². The molecule has 2 aliphatic heterocycles. The third kappa shape index (κ3) is 5.55. The Morgan fingerprint density at radius 2 is 1.55 bits per heavy atom. The monoisotopic (exact) mass is 455 g/mol. The number of hydrogen-bond acceptors (Lipinski definition) is 6. The maximum absolute atomic E-state index is 12.4. The first-order chi connectivity index (χ1) is 15.9. The normalized spacial score (nSPS) is 23.6. The Morgan fingerprint density at radius 3 is 2.21 bits per heavy atom. The van der Waals surface area contributed by atoms with Crippen molar-refractivity contribution in [1.29, 1.82) is 0 Å². The third-order valence-corrected chi connectivity index (χ3v) is 5.75. The van der Waals surface area contributed by atoms with Crippen LogP contribution in [0, 0.1) is 0 Å². The molecule has 2 saturated heterocycles. The predicted molar refractivity (Wildman–Crippen MR) is 123 cm³/mol. The van der Waals surface area contributed by atoms with Crippen LogP contribution in [0.25, 0.3) is 0 Å². The van der Waals surface area contributed by atoms with Crippen molar-refractivity contribution in [1.82, 2.24) is 5.32 Å². The summed E-state index contributed by atoms with van der Waals surface area (Å²) in [7, 11) is 1.58. The van der Waals surface area contributed by atoms with E-state index >= 15 is 0 Å². The first-order valence-electron chi connectivity index (χ1n) is 11.0. The van der Waals surface area contributed by atoms with Gasteiger partial charge in [-0.2, -0.15) is 0 Å². The lowest BCUT2D eigenvalue weighted by molar-refractivity contribution is 0.00873. The van der Waals surface area contributed by atoms with E-state index in [9.17, 15) is 9.59 Å². The van der Waals surface area contributed by atoms with Crippen molar-refractivity contribution in [3.05, 3.63) is 54.1 Å². The molecule has 4 unspecified atom stereocenters. The lowest BCUT2D eigenvalue weighted by Gasteiger charge is -2.18. The smallest absolute Gasteiger partial charge is 0.412 e. The van der Waals surface area contributed by atoms with Crippen LogP contribution in [0.3, 0.4) is 0 Å². The fourth-order valence-electron chi connectivity index (χ4n) is 3.94. The van der Waals surface area contributed by atoms with Gasteiger partial charge in [-0.05, 0) is 47.9 Å². The molecule has 0 bridgehead atoms. The molecule has 9 heteroatoms. The second-order valence-corrected chi connectivity index (χ2v) is 8.37. The molecule has 2 fully saturated rings. The second-order valence-electron chi connectivity index (χ2n) is 8.37. The highest BCUT2D eigenvalue weighted by atomic mass is 16.6. The molecule has 2 aromatic carbocycles. The second kappa shape index (κ2) is 10.1. The van der Waals surface area contributed by atoms with Gasteiger partial charge in [-0.15, -0.1) is 0 Å². The van der Waals surface area contributed by atoms with Crippen LogP contribution in [0.1, 0.15) is 25.3 Å². The van der Waals surface area contributed by atoms with Crippen molar-refractivity contribution in [2.75, 3.05) is 31.0 Å². The molecule has 9 nitrogen and oxygen atoms in total. The minimum atomic E-state index is -0.571. The summed E-state index contributed by atoms with van der Waals surface area (Å²) in [5.41, 5.74) is 2.48. The van der Waals surface area contributed by atoms with Crippen molar-refractivity contribution in [2.24, 2.45) is 0 Å². The number of benzene rings is 2. The van der Waals surface area contributed by atoms with E-state index in [-0.39, 0.29) is 25.3 Å². The van der Waals surface area contributed by atoms with Gasteiger partial charge in [-0.25, -0.2) is 9.59 Å². The van der Waals surface area contributed by atoms with Crippen molar-refractivity contribution in [3.8, 4) is 5.75 Å². The number of ether oxygens (including phenoxy) is 4. The summed E-state index contributed by atoms with van der Waals surface area (Å²) in [4.78, 5) is 24.7. The summed E-state index contributed by atoms with van der Waals surface area (Å²) in [6.45, 7) is 4.69. The fraction of sp³-hybridized carbons (Fsp3) is 0.417. The van der Waals surface area contributed by atoms with E-state index in [4.69, 9.17) is 18.9 Å². The number of anilines is 2. The lowest BCUT2D eigenvalue weighted by Crippen LogP contribution is -2.46. The number of carbonyl (C=O) groups is 2. The Bertz CT molecular complexity index is 963. The fourth-order valence-corrected chi connectivity index (χ4v) is 3.94. The largest absolute Gasteiger partial charge is 0.497 e. The Morgan fingerprint density at radius 1 is 0.909 bits per heavy atom. The minimum absolute atomic E-state index is 0.202. The Labute approximate surface area is 192 Å². The van der Waals surface area contributed by atoms with E-state index in [0.29, 0.717) is 23.0 Å². The van der Waals surface area contributed by atoms with Gasteiger partial charge in [-0.1, -0.05) is 26.0 Å². The molecule has 3 N–H and O–H groups in total. The highest BCUT2D eigenvalue weighted by Crippen LogP contribution is 2.29. The average Bonchev–Trinajstić information content (AvgIpc) is 3.38. The number of fused-ring (bicyclic) bond motifs is 1. The molecule has 0 saturated carbocycles. The standard InChI is InChI=1S/C24H29N3O6/c1-14(2)15-4-6-17(7-5-15)26-24(29)33-20-13-32-21-19(12-31-22(20)21)27-23(28)25-16-8-10-18(30-3)11-9-16/h4-11,14,19-22H,12-13H2,1-3H3,(H,26,29)(H2,25,27,28). The predicted octanol–water partition coefficient (Wildman–Crippen LogP) is 3.72. The molecule has 0 aromatic heterocycles. The number of rotatable bonds is 6. The molecule has 2 aliphatic rings. The molecule has 4 atom stereocenters. The molecular weight excluding hydrogens is 426 g/mol. The average molecular weight is 456 g/mol. The number of nitrogens with one attached hydrogen (secondary N) is 3. The SMILES string of the molecule is COc1ccc(NC(=O)NC2COC3C(OC(=O)Nc4ccc(C(C)C)cc4)COC23)cc1. The van der Waals surface area contributed by atoms with E-state index in [1.165, 1.54) is 5.56 Å². The Kier molecular flexibility index (Phi) is 7.00. The third-order valence-electron chi connectivity index (χ3n) is 5.75. The highest BCUT2D eigenvalue weighted by Gasteiger charge is 2.50. The van der Waals surface area contributed by atoms with E-state index in [0.717, 1.165) is 0 Å². The maximum atomic E-state index is 12.4. The molecule has 176 valence electrons. The summed E-state index contributed by atoms with van der Waals surface area (Å²) < 4.78 is 22.2. The van der Waals surface area contributed by atoms with Gasteiger partial charge in [0.2, 0.25) is 0 Å². The maximum Gasteiger partial charge on any atom is 0.412 e. The van der Waals surface area contributed by atoms with Crippen LogP contribution in [0.15, 0.2) is 48.5 Å². The molecule has 0 spiro atoms. The number of amides is 3. The van der Waals surface area contributed by atoms with E-state index in [2.05, 4.69) is 29.8 Å². The highest BCUT2D eigenvalue weighted by molar-refractivity contribution is 5.89. The van der Waals surface area contributed by atoms with Gasteiger partial charge in [0.25, 0.3) is 0 Å². The molecule has 0 radical (unpaired) electrons. The van der Waals surface area contributed by atoms with E-state index in [1.54, 1.807) is 31.4 Å². The zero-order chi connectivity index (χ0) is 23.4. The summed E-state index contributed by atoms with van der Waals surface area (Å²) in [5.74, 6) is 1.12. The first kappa shape index (κ1) is 22.9. The van der Waals surface area contributed by atoms with Crippen LogP contribution in [0.4, 0.5) is 21.0 Å². The van der Waals surface area contributed by atoms with Crippen molar-refractivity contribution < 1.29 is 28.5 Å². The first-order valence-corrected chi connectivity index (χ1v) is 11.0. The van der Waals surface area contributed by atoms with Gasteiger partial charge in [0.1, 0.15) is 18.0 Å². The van der Waals surface area contributed by atoms with Crippen LogP contribution in [-0.4, -0.2) is 56.8 Å². The van der Waals surface area contributed by atoms with Crippen LogP contribution in [0.5, 0.6) is 5.75 Å². The summed E-state index contributed by atoms with van der Waals surface area (Å²) in [6.07, 6.45) is -1.96. The molecular formula is C24H29N3O6. The van der Waals surface area contributed by atoms with Gasteiger partial charge in [0.15, 0.2) is 6.10 Å².